The maximum absolute atomic E-state index is 13.5. The van der Waals surface area contributed by atoms with Gasteiger partial charge in [-0.2, -0.15) is 5.06 Å². The van der Waals surface area contributed by atoms with Crippen LogP contribution in [0.25, 0.3) is 0 Å². The first-order chi connectivity index (χ1) is 13.5. The van der Waals surface area contributed by atoms with Crippen molar-refractivity contribution in [2.75, 3.05) is 12.8 Å². The molecule has 28 heavy (non-hydrogen) atoms. The van der Waals surface area contributed by atoms with Crippen molar-refractivity contribution in [3.05, 3.63) is 83.2 Å². The van der Waals surface area contributed by atoms with Gasteiger partial charge in [0.25, 0.3) is 0 Å². The van der Waals surface area contributed by atoms with Crippen LogP contribution in [-0.2, 0) is 16.8 Å². The number of likely N-dealkylation sites (N-methyl/N-ethyl adjacent to an activating group) is 1. The molecule has 4 rings (SSSR count). The molecule has 7 heteroatoms. The lowest BCUT2D eigenvalue weighted by Gasteiger charge is -2.34. The summed E-state index contributed by atoms with van der Waals surface area (Å²) in [6, 6.07) is 14.5. The van der Waals surface area contributed by atoms with Gasteiger partial charge in [0.15, 0.2) is 0 Å². The van der Waals surface area contributed by atoms with Gasteiger partial charge in [-0.15, -0.1) is 11.8 Å². The standard InChI is InChI=1S/C21H21ClFN3OS/c1-26-21(13-20-24-10-11-25-20,15-2-6-17(23)7-3-15)12-18(27-26)14-28-19-8-4-16(22)5-9-19/h2-11,18H,12-14H2,1H3,(H,24,25). The van der Waals surface area contributed by atoms with Gasteiger partial charge >= 0.3 is 0 Å². The van der Waals surface area contributed by atoms with Crippen LogP contribution < -0.4 is 0 Å². The Morgan fingerprint density at radius 3 is 2.68 bits per heavy atom. The van der Waals surface area contributed by atoms with E-state index in [2.05, 4.69) is 9.97 Å². The number of nitrogens with zero attached hydrogens (tertiary/aromatic N) is 2. The van der Waals surface area contributed by atoms with Crippen molar-refractivity contribution in [1.29, 1.82) is 0 Å². The number of hydrogen-bond acceptors (Lipinski definition) is 4. The molecule has 0 spiro atoms. The van der Waals surface area contributed by atoms with Gasteiger partial charge in [0.1, 0.15) is 11.6 Å². The number of thioether (sulfide) groups is 1. The summed E-state index contributed by atoms with van der Waals surface area (Å²) in [4.78, 5) is 14.9. The van der Waals surface area contributed by atoms with Crippen molar-refractivity contribution in [3.8, 4) is 0 Å². The zero-order chi connectivity index (χ0) is 19.6. The second-order valence-electron chi connectivity index (χ2n) is 6.95. The molecule has 1 aliphatic rings. The molecule has 4 nitrogen and oxygen atoms in total. The molecule has 0 aliphatic carbocycles. The summed E-state index contributed by atoms with van der Waals surface area (Å²) in [6.45, 7) is 0. The van der Waals surface area contributed by atoms with Gasteiger partial charge in [-0.25, -0.2) is 9.37 Å². The third kappa shape index (κ3) is 4.10. The number of rotatable bonds is 6. The highest BCUT2D eigenvalue weighted by Gasteiger charge is 2.47. The van der Waals surface area contributed by atoms with E-state index in [9.17, 15) is 4.39 Å². The average Bonchev–Trinajstić information content (AvgIpc) is 3.31. The fourth-order valence-corrected chi connectivity index (χ4v) is 4.70. The summed E-state index contributed by atoms with van der Waals surface area (Å²) < 4.78 is 13.5. The van der Waals surface area contributed by atoms with Crippen LogP contribution in [0.1, 0.15) is 17.8 Å². The van der Waals surface area contributed by atoms with E-state index in [1.165, 1.54) is 12.1 Å². The van der Waals surface area contributed by atoms with E-state index in [-0.39, 0.29) is 11.9 Å². The van der Waals surface area contributed by atoms with Crippen molar-refractivity contribution in [3.63, 3.8) is 0 Å². The van der Waals surface area contributed by atoms with Gasteiger partial charge < -0.3 is 4.98 Å². The van der Waals surface area contributed by atoms with Crippen LogP contribution in [0.3, 0.4) is 0 Å². The highest BCUT2D eigenvalue weighted by molar-refractivity contribution is 7.99. The third-order valence-electron chi connectivity index (χ3n) is 5.12. The van der Waals surface area contributed by atoms with E-state index in [1.54, 1.807) is 18.0 Å². The Morgan fingerprint density at radius 2 is 2.00 bits per heavy atom. The molecule has 1 aromatic heterocycles. The first kappa shape index (κ1) is 19.5. The maximum atomic E-state index is 13.5. The van der Waals surface area contributed by atoms with Gasteiger partial charge in [-0.1, -0.05) is 23.7 Å². The van der Waals surface area contributed by atoms with Gasteiger partial charge in [0.05, 0.1) is 11.6 Å². The van der Waals surface area contributed by atoms with Crippen LogP contribution in [0, 0.1) is 5.82 Å². The largest absolute Gasteiger partial charge is 0.349 e. The van der Waals surface area contributed by atoms with Crippen LogP contribution >= 0.6 is 23.4 Å². The molecule has 1 N–H and O–H groups in total. The molecule has 2 aromatic carbocycles. The second-order valence-corrected chi connectivity index (χ2v) is 8.47. The highest BCUT2D eigenvalue weighted by atomic mass is 35.5. The predicted octanol–water partition coefficient (Wildman–Crippen LogP) is 5.07. The van der Waals surface area contributed by atoms with E-state index in [0.717, 1.165) is 33.5 Å². The van der Waals surface area contributed by atoms with E-state index < -0.39 is 5.54 Å². The minimum absolute atomic E-state index is 0.0330. The molecule has 0 saturated carbocycles. The average molecular weight is 418 g/mol. The zero-order valence-electron chi connectivity index (χ0n) is 15.4. The molecule has 1 saturated heterocycles. The van der Waals surface area contributed by atoms with Crippen molar-refractivity contribution >= 4 is 23.4 Å². The molecule has 0 bridgehead atoms. The number of aromatic nitrogens is 2. The normalized spacial score (nSPS) is 22.6. The molecule has 2 atom stereocenters. The maximum Gasteiger partial charge on any atom is 0.123 e. The lowest BCUT2D eigenvalue weighted by Crippen LogP contribution is -2.40. The van der Waals surface area contributed by atoms with E-state index in [0.29, 0.717) is 6.42 Å². The van der Waals surface area contributed by atoms with Gasteiger partial charge in [-0.3, -0.25) is 4.84 Å². The van der Waals surface area contributed by atoms with E-state index >= 15 is 0 Å². The molecule has 2 unspecified atom stereocenters. The highest BCUT2D eigenvalue weighted by Crippen LogP contribution is 2.43. The Balaban J connectivity index is 1.55. The molecule has 0 radical (unpaired) electrons. The summed E-state index contributed by atoms with van der Waals surface area (Å²) in [5, 5.41) is 2.64. The van der Waals surface area contributed by atoms with E-state index in [4.69, 9.17) is 16.4 Å². The van der Waals surface area contributed by atoms with Gasteiger partial charge in [0, 0.05) is 48.0 Å². The monoisotopic (exact) mass is 417 g/mol. The summed E-state index contributed by atoms with van der Waals surface area (Å²) in [6.07, 6.45) is 5.04. The number of hydroxylamine groups is 2. The fourth-order valence-electron chi connectivity index (χ4n) is 3.69. The summed E-state index contributed by atoms with van der Waals surface area (Å²) in [5.74, 6) is 1.45. The van der Waals surface area contributed by atoms with Crippen LogP contribution in [0.15, 0.2) is 65.8 Å². The van der Waals surface area contributed by atoms with Crippen LogP contribution in [0.4, 0.5) is 4.39 Å². The Labute approximate surface area is 173 Å². The number of benzene rings is 2. The Morgan fingerprint density at radius 1 is 1.25 bits per heavy atom. The number of hydrogen-bond donors (Lipinski definition) is 1. The quantitative estimate of drug-likeness (QED) is 0.568. The number of imidazole rings is 1. The summed E-state index contributed by atoms with van der Waals surface area (Å²) >= 11 is 7.71. The Bertz CT molecular complexity index is 904. The lowest BCUT2D eigenvalue weighted by molar-refractivity contribution is -0.166. The molecule has 146 valence electrons. The Hall–Kier alpha value is -1.86. The van der Waals surface area contributed by atoms with Crippen molar-refractivity contribution in [2.45, 2.75) is 29.4 Å². The van der Waals surface area contributed by atoms with Crippen molar-refractivity contribution in [1.82, 2.24) is 15.0 Å². The third-order valence-corrected chi connectivity index (χ3v) is 6.52. The molecular formula is C21H21ClFN3OS. The molecular weight excluding hydrogens is 397 g/mol. The first-order valence-electron chi connectivity index (χ1n) is 9.08. The number of nitrogens with one attached hydrogen (secondary N) is 1. The number of halogens is 2. The minimum Gasteiger partial charge on any atom is -0.349 e. The first-order valence-corrected chi connectivity index (χ1v) is 10.4. The SMILES string of the molecule is CN1OC(CSc2ccc(Cl)cc2)CC1(Cc1ncc[nH]1)c1ccc(F)cc1. The smallest absolute Gasteiger partial charge is 0.123 e. The molecule has 1 fully saturated rings. The number of H-pyrrole nitrogens is 1. The van der Waals surface area contributed by atoms with Gasteiger partial charge in [-0.05, 0) is 42.0 Å². The lowest BCUT2D eigenvalue weighted by atomic mass is 9.82. The molecule has 2 heterocycles. The molecule has 0 amide bonds. The summed E-state index contributed by atoms with van der Waals surface area (Å²) in [7, 11) is 1.94. The van der Waals surface area contributed by atoms with Crippen molar-refractivity contribution < 1.29 is 9.23 Å². The van der Waals surface area contributed by atoms with Crippen LogP contribution in [-0.4, -0.2) is 33.9 Å². The van der Waals surface area contributed by atoms with Crippen molar-refractivity contribution in [2.24, 2.45) is 0 Å². The zero-order valence-corrected chi connectivity index (χ0v) is 17.0. The van der Waals surface area contributed by atoms with Gasteiger partial charge in [0.2, 0.25) is 0 Å². The fraction of sp³-hybridized carbons (Fsp3) is 0.286. The predicted molar refractivity (Wildman–Crippen MR) is 110 cm³/mol. The number of aromatic amines is 1. The molecule has 3 aromatic rings. The Kier molecular flexibility index (Phi) is 5.73. The van der Waals surface area contributed by atoms with Crippen LogP contribution in [0.2, 0.25) is 5.02 Å². The minimum atomic E-state index is -0.406. The molecule has 1 aliphatic heterocycles. The van der Waals surface area contributed by atoms with E-state index in [1.807, 2.05) is 54.7 Å². The van der Waals surface area contributed by atoms with Crippen LogP contribution in [0.5, 0.6) is 0 Å². The summed E-state index contributed by atoms with van der Waals surface area (Å²) in [5.41, 5.74) is 0.614. The topological polar surface area (TPSA) is 41.1 Å². The second kappa shape index (κ2) is 8.25.